The minimum atomic E-state index is -0.00137. The molecule has 0 radical (unpaired) electrons. The molecule has 6 nitrogen and oxygen atoms in total. The monoisotopic (exact) mass is 377 g/mol. The number of aromatic amines is 1. The third-order valence-electron chi connectivity index (χ3n) is 5.87. The van der Waals surface area contributed by atoms with E-state index in [4.69, 9.17) is 0 Å². The third-order valence-corrected chi connectivity index (χ3v) is 5.87. The average Bonchev–Trinajstić information content (AvgIpc) is 3.13. The molecule has 3 aromatic rings. The van der Waals surface area contributed by atoms with Gasteiger partial charge in [0.1, 0.15) is 17.8 Å². The number of hydrogen-bond acceptors (Lipinski definition) is 5. The van der Waals surface area contributed by atoms with E-state index in [9.17, 15) is 4.79 Å². The van der Waals surface area contributed by atoms with Crippen molar-refractivity contribution in [1.29, 1.82) is 0 Å². The molecule has 0 atom stereocenters. The normalized spacial score (nSPS) is 19.9. The van der Waals surface area contributed by atoms with Crippen molar-refractivity contribution in [1.82, 2.24) is 19.9 Å². The molecule has 146 valence electrons. The molecule has 1 aliphatic rings. The molecule has 0 amide bonds. The van der Waals surface area contributed by atoms with Crippen molar-refractivity contribution >= 4 is 22.6 Å². The van der Waals surface area contributed by atoms with Gasteiger partial charge in [-0.25, -0.2) is 9.97 Å². The Hall–Kier alpha value is -2.73. The second-order valence-corrected chi connectivity index (χ2v) is 7.91. The number of aromatic nitrogens is 3. The van der Waals surface area contributed by atoms with Crippen LogP contribution in [0.25, 0.3) is 11.0 Å². The Balaban J connectivity index is 1.63. The van der Waals surface area contributed by atoms with Crippen LogP contribution in [-0.2, 0) is 0 Å². The molecule has 0 spiro atoms. The van der Waals surface area contributed by atoms with Gasteiger partial charge in [0.2, 0.25) is 0 Å². The summed E-state index contributed by atoms with van der Waals surface area (Å²) in [5, 5.41) is 4.37. The molecule has 1 aliphatic carbocycles. The summed E-state index contributed by atoms with van der Waals surface area (Å²) in [4.78, 5) is 27.5. The summed E-state index contributed by atoms with van der Waals surface area (Å²) in [5.74, 6) is 0.745. The van der Waals surface area contributed by atoms with Gasteiger partial charge in [0.05, 0.1) is 10.9 Å². The summed E-state index contributed by atoms with van der Waals surface area (Å²) in [6.07, 6.45) is 7.83. The average molecular weight is 377 g/mol. The summed E-state index contributed by atoms with van der Waals surface area (Å²) in [6.45, 7) is 1.96. The molecule has 0 bridgehead atoms. The van der Waals surface area contributed by atoms with E-state index in [2.05, 4.69) is 39.3 Å². The third kappa shape index (κ3) is 3.52. The van der Waals surface area contributed by atoms with Crippen molar-refractivity contribution in [2.45, 2.75) is 44.7 Å². The molecule has 1 aromatic carbocycles. The first-order chi connectivity index (χ1) is 13.5. The Kier molecular flexibility index (Phi) is 5.13. The van der Waals surface area contributed by atoms with Crippen LogP contribution in [0.1, 0.15) is 47.2 Å². The van der Waals surface area contributed by atoms with Crippen LogP contribution in [0.4, 0.5) is 5.82 Å². The second-order valence-electron chi connectivity index (χ2n) is 7.91. The van der Waals surface area contributed by atoms with E-state index >= 15 is 0 Å². The first-order valence-electron chi connectivity index (χ1n) is 9.90. The van der Waals surface area contributed by atoms with Crippen molar-refractivity contribution in [2.75, 3.05) is 19.4 Å². The SMILES string of the molecule is Cc1ccccc1C(=O)c1c[nH]c2ncnc(NC3CCC(N(C)C)CC3)c12. The number of benzene rings is 1. The number of nitrogens with one attached hydrogen (secondary N) is 2. The number of carbonyl (C=O) groups excluding carboxylic acids is 1. The predicted molar refractivity (Wildman–Crippen MR) is 112 cm³/mol. The minimum absolute atomic E-state index is 0.00137. The lowest BCUT2D eigenvalue weighted by Crippen LogP contribution is -2.36. The standard InChI is InChI=1S/C22H27N5O/c1-14-6-4-5-7-17(14)20(28)18-12-23-21-19(18)22(25-13-24-21)26-15-8-10-16(11-9-15)27(2)3/h4-7,12-13,15-16H,8-11H2,1-3H3,(H2,23,24,25,26). The van der Waals surface area contributed by atoms with Crippen LogP contribution in [-0.4, -0.2) is 51.8 Å². The summed E-state index contributed by atoms with van der Waals surface area (Å²) in [5.41, 5.74) is 2.99. The lowest BCUT2D eigenvalue weighted by Gasteiger charge is -2.33. The Morgan fingerprint density at radius 2 is 1.86 bits per heavy atom. The number of anilines is 1. The highest BCUT2D eigenvalue weighted by Crippen LogP contribution is 2.29. The van der Waals surface area contributed by atoms with E-state index in [1.165, 1.54) is 12.8 Å². The molecule has 2 aromatic heterocycles. The molecular formula is C22H27N5O. The van der Waals surface area contributed by atoms with Crippen LogP contribution in [0, 0.1) is 6.92 Å². The van der Waals surface area contributed by atoms with Gasteiger partial charge in [-0.3, -0.25) is 4.79 Å². The van der Waals surface area contributed by atoms with Crippen LogP contribution in [0.15, 0.2) is 36.8 Å². The lowest BCUT2D eigenvalue weighted by atomic mass is 9.90. The number of carbonyl (C=O) groups is 1. The lowest BCUT2D eigenvalue weighted by molar-refractivity contribution is 0.103. The number of nitrogens with zero attached hydrogens (tertiary/aromatic N) is 3. The van der Waals surface area contributed by atoms with Crippen LogP contribution >= 0.6 is 0 Å². The maximum atomic E-state index is 13.2. The van der Waals surface area contributed by atoms with E-state index in [1.807, 2.05) is 31.2 Å². The van der Waals surface area contributed by atoms with Crippen molar-refractivity contribution in [3.8, 4) is 0 Å². The minimum Gasteiger partial charge on any atom is -0.367 e. The van der Waals surface area contributed by atoms with E-state index in [-0.39, 0.29) is 5.78 Å². The highest BCUT2D eigenvalue weighted by Gasteiger charge is 2.25. The van der Waals surface area contributed by atoms with Crippen LogP contribution in [0.3, 0.4) is 0 Å². The molecule has 0 unspecified atom stereocenters. The first kappa shape index (κ1) is 18.6. The van der Waals surface area contributed by atoms with Gasteiger partial charge >= 0.3 is 0 Å². The molecule has 0 aliphatic heterocycles. The number of ketones is 1. The molecule has 1 fully saturated rings. The highest BCUT2D eigenvalue weighted by atomic mass is 16.1. The number of aryl methyl sites for hydroxylation is 1. The maximum Gasteiger partial charge on any atom is 0.195 e. The van der Waals surface area contributed by atoms with E-state index in [0.29, 0.717) is 28.9 Å². The van der Waals surface area contributed by atoms with Gasteiger partial charge in [-0.05, 0) is 52.3 Å². The Labute approximate surface area is 165 Å². The molecule has 28 heavy (non-hydrogen) atoms. The van der Waals surface area contributed by atoms with Gasteiger partial charge in [0.25, 0.3) is 0 Å². The van der Waals surface area contributed by atoms with Crippen molar-refractivity contribution < 1.29 is 4.79 Å². The topological polar surface area (TPSA) is 73.9 Å². The number of hydrogen-bond donors (Lipinski definition) is 2. The fourth-order valence-corrected chi connectivity index (χ4v) is 4.15. The van der Waals surface area contributed by atoms with Crippen LogP contribution < -0.4 is 5.32 Å². The van der Waals surface area contributed by atoms with Gasteiger partial charge in [0, 0.05) is 23.8 Å². The molecule has 6 heteroatoms. The van der Waals surface area contributed by atoms with Gasteiger partial charge in [-0.1, -0.05) is 24.3 Å². The fraction of sp³-hybridized carbons (Fsp3) is 0.409. The van der Waals surface area contributed by atoms with Crippen LogP contribution in [0.2, 0.25) is 0 Å². The zero-order valence-corrected chi connectivity index (χ0v) is 16.7. The molecule has 1 saturated carbocycles. The summed E-state index contributed by atoms with van der Waals surface area (Å²) in [7, 11) is 4.30. The van der Waals surface area contributed by atoms with E-state index < -0.39 is 0 Å². The molecule has 4 rings (SSSR count). The Morgan fingerprint density at radius 1 is 1.11 bits per heavy atom. The summed E-state index contributed by atoms with van der Waals surface area (Å²) < 4.78 is 0. The van der Waals surface area contributed by atoms with Gasteiger partial charge in [-0.15, -0.1) is 0 Å². The Bertz CT molecular complexity index is 986. The van der Waals surface area contributed by atoms with Gasteiger partial charge in [-0.2, -0.15) is 0 Å². The molecule has 2 N–H and O–H groups in total. The van der Waals surface area contributed by atoms with Crippen molar-refractivity contribution in [3.63, 3.8) is 0 Å². The van der Waals surface area contributed by atoms with Gasteiger partial charge in [0.15, 0.2) is 5.78 Å². The van der Waals surface area contributed by atoms with E-state index in [1.54, 1.807) is 12.5 Å². The summed E-state index contributed by atoms with van der Waals surface area (Å²) in [6, 6.07) is 8.69. The Morgan fingerprint density at radius 3 is 2.57 bits per heavy atom. The largest absolute Gasteiger partial charge is 0.367 e. The predicted octanol–water partition coefficient (Wildman–Crippen LogP) is 3.78. The highest BCUT2D eigenvalue weighted by molar-refractivity contribution is 6.18. The number of H-pyrrole nitrogens is 1. The fourth-order valence-electron chi connectivity index (χ4n) is 4.15. The number of rotatable bonds is 5. The second kappa shape index (κ2) is 7.72. The molecule has 2 heterocycles. The van der Waals surface area contributed by atoms with Crippen molar-refractivity contribution in [3.05, 3.63) is 53.5 Å². The van der Waals surface area contributed by atoms with Crippen molar-refractivity contribution in [2.24, 2.45) is 0 Å². The zero-order valence-electron chi connectivity index (χ0n) is 16.7. The van der Waals surface area contributed by atoms with Gasteiger partial charge < -0.3 is 15.2 Å². The quantitative estimate of drug-likeness (QED) is 0.662. The number of fused-ring (bicyclic) bond motifs is 1. The van der Waals surface area contributed by atoms with Crippen LogP contribution in [0.5, 0.6) is 0 Å². The maximum absolute atomic E-state index is 13.2. The zero-order chi connectivity index (χ0) is 19.7. The summed E-state index contributed by atoms with van der Waals surface area (Å²) >= 11 is 0. The molecular weight excluding hydrogens is 350 g/mol. The first-order valence-corrected chi connectivity index (χ1v) is 9.90. The molecule has 0 saturated heterocycles. The van der Waals surface area contributed by atoms with E-state index in [0.717, 1.165) is 29.6 Å². The smallest absolute Gasteiger partial charge is 0.195 e.